The van der Waals surface area contributed by atoms with Crippen molar-refractivity contribution < 1.29 is 14.3 Å². The van der Waals surface area contributed by atoms with E-state index in [1.54, 1.807) is 19.1 Å². The summed E-state index contributed by atoms with van der Waals surface area (Å²) in [5, 5.41) is 6.04. The van der Waals surface area contributed by atoms with Crippen LogP contribution < -0.4 is 15.8 Å². The Kier molecular flexibility index (Phi) is 4.80. The Hall–Kier alpha value is -2.74. The molecule has 1 aliphatic carbocycles. The first-order valence-electron chi connectivity index (χ1n) is 7.85. The molecule has 0 aliphatic heterocycles. The molecule has 1 aromatic carbocycles. The molecule has 7 nitrogen and oxygen atoms in total. The number of nitrogens with zero attached hydrogens (tertiary/aromatic N) is 1. The minimum atomic E-state index is -0.785. The number of nitrogens with two attached hydrogens (primary N) is 1. The highest BCUT2D eigenvalue weighted by atomic mass is 32.1. The maximum Gasteiger partial charge on any atom is 0.265 e. The van der Waals surface area contributed by atoms with Gasteiger partial charge < -0.3 is 15.8 Å². The van der Waals surface area contributed by atoms with E-state index in [2.05, 4.69) is 10.5 Å². The lowest BCUT2D eigenvalue weighted by Gasteiger charge is -2.14. The molecule has 3 rings (SSSR count). The van der Waals surface area contributed by atoms with Gasteiger partial charge in [-0.3, -0.25) is 9.59 Å². The molecule has 0 fully saturated rings. The summed E-state index contributed by atoms with van der Waals surface area (Å²) in [6, 6.07) is 6.13. The number of fused-ring (bicyclic) bond motifs is 1. The van der Waals surface area contributed by atoms with Gasteiger partial charge >= 0.3 is 0 Å². The van der Waals surface area contributed by atoms with Crippen molar-refractivity contribution in [2.24, 2.45) is 10.9 Å². The van der Waals surface area contributed by atoms with Crippen LogP contribution >= 0.6 is 11.3 Å². The highest BCUT2D eigenvalue weighted by Crippen LogP contribution is 2.38. The van der Waals surface area contributed by atoms with E-state index in [1.165, 1.54) is 23.5 Å². The summed E-state index contributed by atoms with van der Waals surface area (Å²) < 4.78 is 5.56. The Morgan fingerprint density at radius 2 is 2.00 bits per heavy atom. The van der Waals surface area contributed by atoms with Gasteiger partial charge in [0.2, 0.25) is 0 Å². The fraction of sp³-hybridized carbons (Fsp3) is 0.294. The number of hydrogen-bond donors (Lipinski definition) is 2. The van der Waals surface area contributed by atoms with E-state index in [9.17, 15) is 14.5 Å². The minimum Gasteiger partial charge on any atom is -0.481 e. The average molecular weight is 359 g/mol. The number of benzene rings is 1. The largest absolute Gasteiger partial charge is 0.481 e. The molecule has 8 heteroatoms. The number of nitrogens with one attached hydrogen (secondary N) is 1. The Morgan fingerprint density at radius 1 is 1.28 bits per heavy atom. The van der Waals surface area contributed by atoms with Gasteiger partial charge in [0.1, 0.15) is 16.4 Å². The number of thiophene rings is 1. The topological polar surface area (TPSA) is 111 Å². The molecule has 130 valence electrons. The van der Waals surface area contributed by atoms with Crippen LogP contribution in [0.4, 0.5) is 10.7 Å². The molecule has 3 N–H and O–H groups in total. The van der Waals surface area contributed by atoms with Gasteiger partial charge in [0, 0.05) is 4.88 Å². The van der Waals surface area contributed by atoms with E-state index in [4.69, 9.17) is 10.5 Å². The van der Waals surface area contributed by atoms with Crippen LogP contribution in [0.15, 0.2) is 29.4 Å². The Balaban J connectivity index is 1.71. The van der Waals surface area contributed by atoms with Crippen LogP contribution in [-0.4, -0.2) is 17.9 Å². The standard InChI is InChI=1S/C17H17N3O4S/c1-9(24-11-7-5-10(20-23)6-8-11)16(22)19-17-14(15(18)21)12-3-2-4-13(12)25-17/h5-9H,2-4H2,1H3,(H2,18,21)(H,19,22). The van der Waals surface area contributed by atoms with Crippen LogP contribution in [0.5, 0.6) is 5.75 Å². The monoisotopic (exact) mass is 359 g/mol. The summed E-state index contributed by atoms with van der Waals surface area (Å²) in [4.78, 5) is 35.7. The van der Waals surface area contributed by atoms with Gasteiger partial charge in [-0.1, -0.05) is 0 Å². The molecule has 25 heavy (non-hydrogen) atoms. The number of rotatable bonds is 6. The van der Waals surface area contributed by atoms with Crippen LogP contribution in [0.25, 0.3) is 0 Å². The molecule has 0 spiro atoms. The van der Waals surface area contributed by atoms with Gasteiger partial charge in [0.25, 0.3) is 11.8 Å². The van der Waals surface area contributed by atoms with Gasteiger partial charge in [0.05, 0.1) is 5.56 Å². The molecule has 2 amide bonds. The van der Waals surface area contributed by atoms with Crippen LogP contribution in [0.3, 0.4) is 0 Å². The number of ether oxygens (including phenoxy) is 1. The fourth-order valence-corrected chi connectivity index (χ4v) is 4.11. The summed E-state index contributed by atoms with van der Waals surface area (Å²) in [5.41, 5.74) is 7.14. The van der Waals surface area contributed by atoms with Crippen LogP contribution in [-0.2, 0) is 17.6 Å². The van der Waals surface area contributed by atoms with E-state index in [-0.39, 0.29) is 11.6 Å². The molecule has 1 atom stereocenters. The second-order valence-electron chi connectivity index (χ2n) is 5.76. The molecule has 2 aromatic rings. The normalized spacial score (nSPS) is 13.8. The highest BCUT2D eigenvalue weighted by Gasteiger charge is 2.27. The number of aryl methyl sites for hydroxylation is 1. The zero-order valence-electron chi connectivity index (χ0n) is 13.6. The molecular weight excluding hydrogens is 342 g/mol. The molecule has 0 saturated carbocycles. The Labute approximate surface area is 148 Å². The lowest BCUT2D eigenvalue weighted by atomic mass is 10.1. The van der Waals surface area contributed by atoms with Crippen molar-refractivity contribution in [2.45, 2.75) is 32.3 Å². The average Bonchev–Trinajstić information content (AvgIpc) is 3.15. The van der Waals surface area contributed by atoms with Crippen LogP contribution in [0.2, 0.25) is 0 Å². The number of carbonyl (C=O) groups is 2. The van der Waals surface area contributed by atoms with Gasteiger partial charge in [-0.05, 0) is 61.2 Å². The predicted molar refractivity (Wildman–Crippen MR) is 95.5 cm³/mol. The van der Waals surface area contributed by atoms with E-state index < -0.39 is 12.0 Å². The number of nitroso groups, excluding NO2 is 1. The smallest absolute Gasteiger partial charge is 0.265 e. The zero-order valence-corrected chi connectivity index (χ0v) is 14.4. The number of hydrogen-bond acceptors (Lipinski definition) is 6. The summed E-state index contributed by atoms with van der Waals surface area (Å²) in [5.74, 6) is -0.459. The molecule has 1 aromatic heterocycles. The SMILES string of the molecule is CC(Oc1ccc(N=O)cc1)C(=O)Nc1sc2c(c1C(N)=O)CCC2. The van der Waals surface area contributed by atoms with Crippen molar-refractivity contribution in [3.63, 3.8) is 0 Å². The van der Waals surface area contributed by atoms with E-state index >= 15 is 0 Å². The molecule has 0 saturated heterocycles. The molecule has 1 heterocycles. The quantitative estimate of drug-likeness (QED) is 0.772. The number of anilines is 1. The summed E-state index contributed by atoms with van der Waals surface area (Å²) >= 11 is 1.40. The minimum absolute atomic E-state index is 0.281. The number of carbonyl (C=O) groups excluding carboxylic acids is 2. The van der Waals surface area contributed by atoms with Gasteiger partial charge in [-0.2, -0.15) is 0 Å². The van der Waals surface area contributed by atoms with Crippen molar-refractivity contribution in [1.82, 2.24) is 0 Å². The lowest BCUT2D eigenvalue weighted by molar-refractivity contribution is -0.122. The number of primary amides is 1. The Morgan fingerprint density at radius 3 is 2.64 bits per heavy atom. The summed E-state index contributed by atoms with van der Waals surface area (Å²) in [7, 11) is 0. The molecule has 1 aliphatic rings. The third kappa shape index (κ3) is 3.53. The lowest BCUT2D eigenvalue weighted by Crippen LogP contribution is -2.30. The predicted octanol–water partition coefficient (Wildman–Crippen LogP) is 3.14. The highest BCUT2D eigenvalue weighted by molar-refractivity contribution is 7.17. The summed E-state index contributed by atoms with van der Waals surface area (Å²) in [6.07, 6.45) is 1.93. The maximum absolute atomic E-state index is 12.4. The van der Waals surface area contributed by atoms with Crippen LogP contribution in [0, 0.1) is 4.91 Å². The van der Waals surface area contributed by atoms with E-state index in [0.717, 1.165) is 29.7 Å². The van der Waals surface area contributed by atoms with Crippen molar-refractivity contribution in [3.8, 4) is 5.75 Å². The molecule has 0 bridgehead atoms. The second-order valence-corrected chi connectivity index (χ2v) is 6.87. The fourth-order valence-electron chi connectivity index (χ4n) is 2.81. The first-order chi connectivity index (χ1) is 12.0. The molecule has 0 radical (unpaired) electrons. The van der Waals surface area contributed by atoms with Crippen molar-refractivity contribution in [2.75, 3.05) is 5.32 Å². The maximum atomic E-state index is 12.4. The Bertz CT molecular complexity index is 829. The zero-order chi connectivity index (χ0) is 18.0. The first-order valence-corrected chi connectivity index (χ1v) is 8.66. The first kappa shape index (κ1) is 17.1. The van der Waals surface area contributed by atoms with Crippen molar-refractivity contribution >= 4 is 33.8 Å². The number of amides is 2. The van der Waals surface area contributed by atoms with E-state index in [0.29, 0.717) is 16.3 Å². The van der Waals surface area contributed by atoms with Crippen molar-refractivity contribution in [1.29, 1.82) is 0 Å². The second kappa shape index (κ2) is 7.02. The molecular formula is C17H17N3O4S. The van der Waals surface area contributed by atoms with Crippen LogP contribution in [0.1, 0.15) is 34.1 Å². The van der Waals surface area contributed by atoms with E-state index in [1.807, 2.05) is 0 Å². The van der Waals surface area contributed by atoms with Gasteiger partial charge in [0.15, 0.2) is 6.10 Å². The van der Waals surface area contributed by atoms with Gasteiger partial charge in [-0.25, -0.2) is 0 Å². The molecule has 1 unspecified atom stereocenters. The third-order valence-electron chi connectivity index (χ3n) is 4.03. The van der Waals surface area contributed by atoms with Crippen molar-refractivity contribution in [3.05, 3.63) is 45.2 Å². The summed E-state index contributed by atoms with van der Waals surface area (Å²) in [6.45, 7) is 1.60. The third-order valence-corrected chi connectivity index (χ3v) is 5.24. The van der Waals surface area contributed by atoms with Gasteiger partial charge in [-0.15, -0.1) is 16.2 Å².